The molecule has 2 aromatic carbocycles. The highest BCUT2D eigenvalue weighted by molar-refractivity contribution is 6.67. The molecule has 0 atom stereocenters. The number of anilines is 1. The lowest BCUT2D eigenvalue weighted by molar-refractivity contribution is 0.102. The molecule has 0 radical (unpaired) electrons. The third-order valence-electron chi connectivity index (χ3n) is 5.73. The van der Waals surface area contributed by atoms with Gasteiger partial charge in [-0.05, 0) is 55.0 Å². The fraction of sp³-hybridized carbons (Fsp3) is 0.320. The van der Waals surface area contributed by atoms with Crippen molar-refractivity contribution in [1.29, 1.82) is 0 Å². The fourth-order valence-corrected chi connectivity index (χ4v) is 5.76. The van der Waals surface area contributed by atoms with Gasteiger partial charge < -0.3 is 28.6 Å². The number of rotatable bonds is 11. The Morgan fingerprint density at radius 2 is 1.33 bits per heavy atom. The van der Waals surface area contributed by atoms with E-state index in [1.165, 1.54) is 45.6 Å². The van der Waals surface area contributed by atoms with Crippen LogP contribution >= 0.6 is 69.6 Å². The molecular weight excluding hydrogens is 707 g/mol. The van der Waals surface area contributed by atoms with Gasteiger partial charge in [-0.2, -0.15) is 0 Å². The van der Waals surface area contributed by atoms with E-state index in [2.05, 4.69) is 25.6 Å². The topological polar surface area (TPSA) is 134 Å². The van der Waals surface area contributed by atoms with Crippen molar-refractivity contribution >= 4 is 96.1 Å². The lowest BCUT2D eigenvalue weighted by Gasteiger charge is -2.24. The summed E-state index contributed by atoms with van der Waals surface area (Å²) in [7, 11) is 1.86. The second-order valence-electron chi connectivity index (χ2n) is 8.57. The zero-order chi connectivity index (χ0) is 31.8. The van der Waals surface area contributed by atoms with Crippen LogP contribution in [-0.2, 0) is 20.9 Å². The van der Waals surface area contributed by atoms with E-state index >= 15 is 0 Å². The number of benzene rings is 2. The highest BCUT2D eigenvalue weighted by Crippen LogP contribution is 2.40. The van der Waals surface area contributed by atoms with Gasteiger partial charge >= 0.3 is 14.9 Å². The van der Waals surface area contributed by atoms with Crippen molar-refractivity contribution in [3.63, 3.8) is 0 Å². The summed E-state index contributed by atoms with van der Waals surface area (Å²) >= 11 is 35.6. The summed E-state index contributed by atoms with van der Waals surface area (Å²) in [6.07, 6.45) is -0.0738. The SMILES string of the molecule is CO[Si](CCCNC(=O)Oc1ccc(C(=O)Nc2ccc(-c3nc(C(Cl)(Cl)Cl)nc(C(Cl)(Cl)Cl)n3)cc2)cc1)(OC)OC. The Hall–Kier alpha value is -1.97. The van der Waals surface area contributed by atoms with Crippen molar-refractivity contribution in [2.45, 2.75) is 20.0 Å². The molecule has 0 unspecified atom stereocenters. The van der Waals surface area contributed by atoms with Gasteiger partial charge in [0.05, 0.1) is 0 Å². The van der Waals surface area contributed by atoms with Gasteiger partial charge in [-0.1, -0.05) is 69.6 Å². The number of hydrogen-bond donors (Lipinski definition) is 2. The molecule has 18 heteroatoms. The minimum Gasteiger partial charge on any atom is -0.410 e. The van der Waals surface area contributed by atoms with Crippen LogP contribution in [0.1, 0.15) is 28.4 Å². The lowest BCUT2D eigenvalue weighted by atomic mass is 10.1. The van der Waals surface area contributed by atoms with E-state index in [-0.39, 0.29) is 23.2 Å². The predicted octanol–water partition coefficient (Wildman–Crippen LogP) is 6.80. The first-order chi connectivity index (χ1) is 20.2. The first-order valence-electron chi connectivity index (χ1n) is 12.2. The van der Waals surface area contributed by atoms with Crippen LogP contribution in [0.3, 0.4) is 0 Å². The second kappa shape index (κ2) is 15.3. The predicted molar refractivity (Wildman–Crippen MR) is 168 cm³/mol. The molecule has 0 bridgehead atoms. The normalized spacial score (nSPS) is 12.1. The first kappa shape index (κ1) is 35.5. The Bertz CT molecular complexity index is 1360. The van der Waals surface area contributed by atoms with Gasteiger partial charge in [-0.3, -0.25) is 4.79 Å². The van der Waals surface area contributed by atoms with Gasteiger partial charge in [0, 0.05) is 50.7 Å². The van der Waals surface area contributed by atoms with Crippen LogP contribution in [0.15, 0.2) is 48.5 Å². The molecule has 3 rings (SSSR count). The molecule has 11 nitrogen and oxygen atoms in total. The molecule has 0 saturated heterocycles. The Morgan fingerprint density at radius 1 is 0.791 bits per heavy atom. The van der Waals surface area contributed by atoms with Gasteiger partial charge in [0.25, 0.3) is 5.91 Å². The van der Waals surface area contributed by atoms with E-state index in [1.54, 1.807) is 24.3 Å². The van der Waals surface area contributed by atoms with Crippen molar-refractivity contribution in [1.82, 2.24) is 20.3 Å². The van der Waals surface area contributed by atoms with Crippen molar-refractivity contribution < 1.29 is 27.6 Å². The number of alkyl halides is 6. The van der Waals surface area contributed by atoms with Crippen LogP contribution in [0.4, 0.5) is 10.5 Å². The third-order valence-corrected chi connectivity index (χ3v) is 9.58. The Kier molecular flexibility index (Phi) is 12.7. The summed E-state index contributed by atoms with van der Waals surface area (Å²) < 4.78 is 17.3. The molecule has 0 saturated carbocycles. The number of hydrogen-bond acceptors (Lipinski definition) is 9. The van der Waals surface area contributed by atoms with Gasteiger partial charge in [0.1, 0.15) is 5.75 Å². The Balaban J connectivity index is 1.58. The highest BCUT2D eigenvalue weighted by atomic mass is 35.6. The number of nitrogens with one attached hydrogen (secondary N) is 2. The monoisotopic (exact) mass is 729 g/mol. The van der Waals surface area contributed by atoms with Gasteiger partial charge in [0.15, 0.2) is 17.5 Å². The summed E-state index contributed by atoms with van der Waals surface area (Å²) in [5.41, 5.74) is 1.27. The van der Waals surface area contributed by atoms with Crippen LogP contribution < -0.4 is 15.4 Å². The van der Waals surface area contributed by atoms with E-state index in [4.69, 9.17) is 87.6 Å². The maximum atomic E-state index is 12.8. The maximum Gasteiger partial charge on any atom is 0.500 e. The molecule has 0 fully saturated rings. The summed E-state index contributed by atoms with van der Waals surface area (Å²) in [5.74, 6) is -0.508. The average molecular weight is 732 g/mol. The Morgan fingerprint density at radius 3 is 1.81 bits per heavy atom. The average Bonchev–Trinajstić information content (AvgIpc) is 2.97. The van der Waals surface area contributed by atoms with E-state index in [0.717, 1.165) is 0 Å². The standard InChI is InChI=1S/C25H25Cl6N5O6Si/c1-39-43(40-2,41-3)14-4-13-32-23(38)42-18-11-7-16(8-12-18)20(37)33-17-9-5-15(6-10-17)19-34-21(24(26,27)28)36-22(35-19)25(29,30)31/h5-12H,4,13-14H2,1-3H3,(H,32,38)(H,33,37). The summed E-state index contributed by atoms with van der Waals surface area (Å²) in [6, 6.07) is 13.0. The lowest BCUT2D eigenvalue weighted by Crippen LogP contribution is -2.43. The summed E-state index contributed by atoms with van der Waals surface area (Å²) in [6.45, 7) is 0.332. The molecule has 0 aliphatic heterocycles. The van der Waals surface area contributed by atoms with E-state index < -0.39 is 28.4 Å². The fourth-order valence-electron chi connectivity index (χ4n) is 3.53. The molecule has 2 N–H and O–H groups in total. The molecule has 2 amide bonds. The van der Waals surface area contributed by atoms with Crippen LogP contribution in [-0.4, -0.2) is 63.6 Å². The quantitative estimate of drug-likeness (QED) is 0.124. The molecule has 1 heterocycles. The highest BCUT2D eigenvalue weighted by Gasteiger charge is 2.37. The van der Waals surface area contributed by atoms with Crippen LogP contribution in [0.2, 0.25) is 6.04 Å². The summed E-state index contributed by atoms with van der Waals surface area (Å²) in [5, 5.41) is 5.41. The van der Waals surface area contributed by atoms with E-state index in [0.29, 0.717) is 35.8 Å². The summed E-state index contributed by atoms with van der Waals surface area (Å²) in [4.78, 5) is 37.1. The smallest absolute Gasteiger partial charge is 0.410 e. The number of halogens is 6. The zero-order valence-electron chi connectivity index (χ0n) is 22.8. The maximum absolute atomic E-state index is 12.8. The van der Waals surface area contributed by atoms with Gasteiger partial charge in [0.2, 0.25) is 7.59 Å². The van der Waals surface area contributed by atoms with Gasteiger partial charge in [-0.25, -0.2) is 19.7 Å². The Labute approximate surface area is 278 Å². The van der Waals surface area contributed by atoms with Gasteiger partial charge in [-0.15, -0.1) is 0 Å². The number of nitrogens with zero attached hydrogens (tertiary/aromatic N) is 3. The van der Waals surface area contributed by atoms with E-state index in [1.807, 2.05) is 0 Å². The number of ether oxygens (including phenoxy) is 1. The molecule has 232 valence electrons. The van der Waals surface area contributed by atoms with Crippen molar-refractivity contribution in [3.05, 3.63) is 65.7 Å². The zero-order valence-corrected chi connectivity index (χ0v) is 28.3. The number of aromatic nitrogens is 3. The van der Waals surface area contributed by atoms with E-state index in [9.17, 15) is 9.59 Å². The molecule has 3 aromatic rings. The van der Waals surface area contributed by atoms with Crippen molar-refractivity contribution in [3.8, 4) is 17.1 Å². The molecule has 1 aromatic heterocycles. The molecular formula is C25H25Cl6N5O6Si. The van der Waals surface area contributed by atoms with Crippen molar-refractivity contribution in [2.75, 3.05) is 33.2 Å². The number of amides is 2. The van der Waals surface area contributed by atoms with Crippen LogP contribution in [0, 0.1) is 0 Å². The minimum atomic E-state index is -2.71. The molecule has 0 spiro atoms. The first-order valence-corrected chi connectivity index (χ1v) is 16.4. The molecule has 0 aliphatic carbocycles. The van der Waals surface area contributed by atoms with Crippen LogP contribution in [0.25, 0.3) is 11.4 Å². The molecule has 43 heavy (non-hydrogen) atoms. The number of carbonyl (C=O) groups excluding carboxylic acids is 2. The minimum absolute atomic E-state index is 0.0880. The van der Waals surface area contributed by atoms with Crippen molar-refractivity contribution in [2.24, 2.45) is 0 Å². The third kappa shape index (κ3) is 10.3. The number of carbonyl (C=O) groups is 2. The van der Waals surface area contributed by atoms with Crippen LogP contribution in [0.5, 0.6) is 5.75 Å². The largest absolute Gasteiger partial charge is 0.500 e. The second-order valence-corrected chi connectivity index (χ2v) is 16.2. The molecule has 0 aliphatic rings.